The van der Waals surface area contributed by atoms with Crippen LogP contribution in [0.4, 0.5) is 5.82 Å². The van der Waals surface area contributed by atoms with Crippen molar-refractivity contribution in [2.75, 3.05) is 18.4 Å². The largest absolute Gasteiger partial charge is 0.338 e. The van der Waals surface area contributed by atoms with Crippen molar-refractivity contribution in [3.8, 4) is 0 Å². The maximum atomic E-state index is 12.7. The summed E-state index contributed by atoms with van der Waals surface area (Å²) in [6.07, 6.45) is 9.81. The molecule has 156 valence electrons. The third-order valence-electron chi connectivity index (χ3n) is 6.04. The molecule has 5 nitrogen and oxygen atoms in total. The maximum Gasteiger partial charge on any atom is 0.246 e. The van der Waals surface area contributed by atoms with Crippen LogP contribution in [0.15, 0.2) is 36.5 Å². The van der Waals surface area contributed by atoms with Crippen molar-refractivity contribution in [3.05, 3.63) is 57.4 Å². The zero-order chi connectivity index (χ0) is 20.0. The number of hydrogen-bond acceptors (Lipinski definition) is 4. The first-order chi connectivity index (χ1) is 14.0. The molecule has 2 aromatic heterocycles. The Labute approximate surface area is 181 Å². The van der Waals surface area contributed by atoms with Crippen molar-refractivity contribution < 1.29 is 9.59 Å². The molecule has 0 spiro atoms. The topological polar surface area (TPSA) is 62.3 Å². The summed E-state index contributed by atoms with van der Waals surface area (Å²) in [5.41, 5.74) is 3.37. The molecule has 1 fully saturated rings. The quantitative estimate of drug-likeness (QED) is 0.740. The normalized spacial score (nSPS) is 22.4. The van der Waals surface area contributed by atoms with E-state index in [0.717, 1.165) is 30.6 Å². The molecule has 2 unspecified atom stereocenters. The molecule has 6 heteroatoms. The molecule has 4 heterocycles. The number of nitrogens with zero attached hydrogens (tertiary/aromatic N) is 2. The van der Waals surface area contributed by atoms with Crippen molar-refractivity contribution in [2.45, 2.75) is 33.6 Å². The lowest BCUT2D eigenvalue weighted by Gasteiger charge is -2.16. The summed E-state index contributed by atoms with van der Waals surface area (Å²) in [6.45, 7) is 3.77. The predicted molar refractivity (Wildman–Crippen MR) is 122 cm³/mol. The first kappa shape index (κ1) is 20.5. The van der Waals surface area contributed by atoms with Gasteiger partial charge in [-0.15, -0.1) is 11.3 Å². The van der Waals surface area contributed by atoms with Gasteiger partial charge in [-0.3, -0.25) is 9.59 Å². The Morgan fingerprint density at radius 1 is 1.30 bits per heavy atom. The van der Waals surface area contributed by atoms with E-state index in [1.807, 2.05) is 28.4 Å². The number of aryl methyl sites for hydroxylation is 2. The highest BCUT2D eigenvalue weighted by Gasteiger charge is 2.38. The zero-order valence-corrected chi connectivity index (χ0v) is 17.2. The molecule has 2 aromatic rings. The Morgan fingerprint density at radius 3 is 2.93 bits per heavy atom. The number of anilines is 1. The first-order valence-corrected chi connectivity index (χ1v) is 10.9. The van der Waals surface area contributed by atoms with Gasteiger partial charge in [-0.2, -0.15) is 0 Å². The van der Waals surface area contributed by atoms with Gasteiger partial charge in [-0.1, -0.05) is 13.5 Å². The fourth-order valence-corrected chi connectivity index (χ4v) is 5.42. The summed E-state index contributed by atoms with van der Waals surface area (Å²) in [7, 11) is 0. The van der Waals surface area contributed by atoms with Gasteiger partial charge >= 0.3 is 0 Å². The van der Waals surface area contributed by atoms with Crippen molar-refractivity contribution in [3.63, 3.8) is 0 Å². The van der Waals surface area contributed by atoms with Crippen LogP contribution in [0.5, 0.6) is 0 Å². The summed E-state index contributed by atoms with van der Waals surface area (Å²) in [4.78, 5) is 33.1. The lowest BCUT2D eigenvalue weighted by Crippen LogP contribution is -2.27. The third-order valence-corrected chi connectivity index (χ3v) is 7.12. The average Bonchev–Trinajstić information content (AvgIpc) is 3.40. The number of thiophene rings is 1. The van der Waals surface area contributed by atoms with Gasteiger partial charge < -0.3 is 10.2 Å². The summed E-state index contributed by atoms with van der Waals surface area (Å²) < 4.78 is 0. The second-order valence-corrected chi connectivity index (χ2v) is 9.42. The molecule has 2 atom stereocenters. The van der Waals surface area contributed by atoms with Crippen molar-refractivity contribution in [1.29, 1.82) is 0 Å². The van der Waals surface area contributed by atoms with Gasteiger partial charge in [0.25, 0.3) is 0 Å². The number of fused-ring (bicyclic) bond motifs is 2. The van der Waals surface area contributed by atoms with E-state index in [1.165, 1.54) is 15.3 Å². The number of hydrogen-bond donors (Lipinski definition) is 1. The Kier molecular flexibility index (Phi) is 5.60. The van der Waals surface area contributed by atoms with Crippen LogP contribution in [0.2, 0.25) is 0 Å². The van der Waals surface area contributed by atoms with E-state index < -0.39 is 0 Å². The molecular weight excluding hydrogens is 394 g/mol. The van der Waals surface area contributed by atoms with Crippen LogP contribution in [0.25, 0.3) is 11.6 Å². The number of allylic oxidation sites excluding steroid dienone is 1. The molecule has 0 radical (unpaired) electrons. The van der Waals surface area contributed by atoms with Crippen molar-refractivity contribution in [1.82, 2.24) is 9.88 Å². The van der Waals surface area contributed by atoms with E-state index in [0.29, 0.717) is 30.5 Å². The minimum atomic E-state index is 0. The molecule has 0 saturated carbocycles. The van der Waals surface area contributed by atoms with E-state index >= 15 is 0 Å². The Morgan fingerprint density at radius 2 is 2.17 bits per heavy atom. The summed E-state index contributed by atoms with van der Waals surface area (Å²) in [5.74, 6) is 1.72. The molecule has 1 saturated heterocycles. The molecule has 2 aliphatic heterocycles. The highest BCUT2D eigenvalue weighted by atomic mass is 32.1. The number of aromatic nitrogens is 1. The molecule has 0 aromatic carbocycles. The Balaban J connectivity index is 0.00000218. The SMILES string of the molecule is C.Cc1ccc(C2=CC3CN(C(=O)/C=C/c4cnc5c(c4)CCC(=O)N5)CC3C2)s1. The molecular formula is C24H27N3O2S. The van der Waals surface area contributed by atoms with E-state index in [4.69, 9.17) is 0 Å². The fraction of sp³-hybridized carbons (Fsp3) is 0.375. The van der Waals surface area contributed by atoms with Crippen LogP contribution in [0.3, 0.4) is 0 Å². The van der Waals surface area contributed by atoms with Crippen LogP contribution < -0.4 is 5.32 Å². The van der Waals surface area contributed by atoms with E-state index in [1.54, 1.807) is 12.3 Å². The van der Waals surface area contributed by atoms with Crippen LogP contribution in [0.1, 0.15) is 41.1 Å². The smallest absolute Gasteiger partial charge is 0.246 e. The average molecular weight is 422 g/mol. The molecule has 2 amide bonds. The molecule has 0 bridgehead atoms. The van der Waals surface area contributed by atoms with Crippen molar-refractivity contribution >= 4 is 40.6 Å². The number of amides is 2. The van der Waals surface area contributed by atoms with Crippen LogP contribution in [-0.2, 0) is 16.0 Å². The van der Waals surface area contributed by atoms with E-state index in [9.17, 15) is 9.59 Å². The highest BCUT2D eigenvalue weighted by Crippen LogP contribution is 2.42. The third kappa shape index (κ3) is 3.97. The number of likely N-dealkylation sites (tertiary alicyclic amines) is 1. The fourth-order valence-electron chi connectivity index (χ4n) is 4.52. The van der Waals surface area contributed by atoms with Gasteiger partial charge in [0.1, 0.15) is 5.82 Å². The lowest BCUT2D eigenvalue weighted by molar-refractivity contribution is -0.125. The highest BCUT2D eigenvalue weighted by molar-refractivity contribution is 7.13. The van der Waals surface area contributed by atoms with E-state index in [2.05, 4.69) is 35.4 Å². The number of carbonyl (C=O) groups is 2. The molecule has 3 aliphatic rings. The summed E-state index contributed by atoms with van der Waals surface area (Å²) in [5, 5.41) is 2.78. The number of rotatable bonds is 3. The predicted octanol–water partition coefficient (Wildman–Crippen LogP) is 4.55. The van der Waals surface area contributed by atoms with Gasteiger partial charge in [0, 0.05) is 41.5 Å². The van der Waals surface area contributed by atoms with Crippen LogP contribution in [0, 0.1) is 18.8 Å². The summed E-state index contributed by atoms with van der Waals surface area (Å²) in [6, 6.07) is 6.40. The van der Waals surface area contributed by atoms with Crippen molar-refractivity contribution in [2.24, 2.45) is 11.8 Å². The Bertz CT molecular complexity index is 1050. The second-order valence-electron chi connectivity index (χ2n) is 8.13. The minimum absolute atomic E-state index is 0. The van der Waals surface area contributed by atoms with Crippen LogP contribution in [-0.4, -0.2) is 34.8 Å². The molecule has 5 rings (SSSR count). The second kappa shape index (κ2) is 8.19. The monoisotopic (exact) mass is 421 g/mol. The van der Waals surface area contributed by atoms with Gasteiger partial charge in [-0.25, -0.2) is 4.98 Å². The zero-order valence-electron chi connectivity index (χ0n) is 16.4. The molecule has 1 aliphatic carbocycles. The van der Waals surface area contributed by atoms with Gasteiger partial charge in [0.2, 0.25) is 11.8 Å². The van der Waals surface area contributed by atoms with E-state index in [-0.39, 0.29) is 19.2 Å². The molecule has 30 heavy (non-hydrogen) atoms. The van der Waals surface area contributed by atoms with Gasteiger partial charge in [-0.05, 0) is 72.6 Å². The molecule has 1 N–H and O–H groups in total. The Hall–Kier alpha value is -2.73. The number of carbonyl (C=O) groups excluding carboxylic acids is 2. The summed E-state index contributed by atoms with van der Waals surface area (Å²) >= 11 is 1.86. The van der Waals surface area contributed by atoms with Crippen LogP contribution >= 0.6 is 11.3 Å². The first-order valence-electron chi connectivity index (χ1n) is 10.1. The minimum Gasteiger partial charge on any atom is -0.338 e. The number of pyridine rings is 1. The lowest BCUT2D eigenvalue weighted by atomic mass is 10.00. The maximum absolute atomic E-state index is 12.7. The number of nitrogens with one attached hydrogen (secondary N) is 1. The van der Waals surface area contributed by atoms with Gasteiger partial charge in [0.05, 0.1) is 0 Å². The standard InChI is InChI=1S/C23H23N3O2S.CH4/c1-14-2-5-20(29-14)17-9-18-12-26(13-19(18)10-17)22(28)7-3-15-8-16-4-6-21(27)25-23(16)24-11-15;/h2-3,5,7-9,11,18-19H,4,6,10,12-13H2,1H3,(H,24,25,27);1H4/b7-3+;. The van der Waals surface area contributed by atoms with Gasteiger partial charge in [0.15, 0.2) is 0 Å².